The molecule has 41 heavy (non-hydrogen) atoms. The van der Waals surface area contributed by atoms with Crippen LogP contribution in [0.4, 0.5) is 17.3 Å². The van der Waals surface area contributed by atoms with Crippen molar-refractivity contribution in [1.82, 2.24) is 19.8 Å². The normalized spacial score (nSPS) is 14.8. The van der Waals surface area contributed by atoms with Gasteiger partial charge in [0.25, 0.3) is 0 Å². The summed E-state index contributed by atoms with van der Waals surface area (Å²) in [6, 6.07) is 20.8. The molecule has 1 aromatic heterocycles. The van der Waals surface area contributed by atoms with Gasteiger partial charge in [-0.1, -0.05) is 24.3 Å². The van der Waals surface area contributed by atoms with E-state index in [-0.39, 0.29) is 24.4 Å². The minimum absolute atomic E-state index is 0.0323. The molecule has 0 bridgehead atoms. The van der Waals surface area contributed by atoms with Crippen LogP contribution in [0.15, 0.2) is 72.9 Å². The number of aromatic nitrogens is 2. The van der Waals surface area contributed by atoms with E-state index in [1.807, 2.05) is 73.7 Å². The van der Waals surface area contributed by atoms with Crippen molar-refractivity contribution in [2.45, 2.75) is 13.0 Å². The number of nitrogens with one attached hydrogen (secondary N) is 3. The van der Waals surface area contributed by atoms with Crippen molar-refractivity contribution in [2.75, 3.05) is 62.8 Å². The lowest BCUT2D eigenvalue weighted by Gasteiger charge is -2.37. The lowest BCUT2D eigenvalue weighted by Crippen LogP contribution is -2.53. The molecule has 0 radical (unpaired) electrons. The maximum Gasteiger partial charge on any atom is 0.241 e. The number of amides is 2. The number of carbonyl (C=O) groups excluding carboxylic acids is 2. The SMILES string of the molecule is CNc1nccc(-c2cc(NC(=O)CN3CCN(C(C)C(=O)Nc4ccccc4)CC3)c3cc(OC)ccc3c2)n1. The van der Waals surface area contributed by atoms with Gasteiger partial charge in [0.2, 0.25) is 17.8 Å². The van der Waals surface area contributed by atoms with Crippen LogP contribution < -0.4 is 20.7 Å². The lowest BCUT2D eigenvalue weighted by molar-refractivity contribution is -0.122. The average molecular weight is 554 g/mol. The van der Waals surface area contributed by atoms with Crippen LogP contribution in [0.25, 0.3) is 22.0 Å². The maximum atomic E-state index is 13.3. The van der Waals surface area contributed by atoms with Crippen LogP contribution in [0.5, 0.6) is 5.75 Å². The third-order valence-corrected chi connectivity index (χ3v) is 7.35. The van der Waals surface area contributed by atoms with Crippen LogP contribution in [0, 0.1) is 0 Å². The van der Waals surface area contributed by atoms with Crippen molar-refractivity contribution in [3.63, 3.8) is 0 Å². The minimum Gasteiger partial charge on any atom is -0.497 e. The molecule has 2 amide bonds. The Kier molecular flexibility index (Phi) is 8.71. The van der Waals surface area contributed by atoms with Crippen LogP contribution >= 0.6 is 0 Å². The average Bonchev–Trinajstić information content (AvgIpc) is 3.01. The number of anilines is 3. The van der Waals surface area contributed by atoms with Crippen molar-refractivity contribution in [3.05, 3.63) is 72.9 Å². The molecule has 1 aliphatic heterocycles. The molecule has 10 heteroatoms. The number of ether oxygens (including phenoxy) is 1. The van der Waals surface area contributed by atoms with E-state index in [4.69, 9.17) is 4.74 Å². The van der Waals surface area contributed by atoms with E-state index in [1.54, 1.807) is 20.4 Å². The summed E-state index contributed by atoms with van der Waals surface area (Å²) in [5.41, 5.74) is 3.10. The first-order chi connectivity index (χ1) is 19.9. The first-order valence-electron chi connectivity index (χ1n) is 13.7. The Morgan fingerprint density at radius 1 is 0.976 bits per heavy atom. The third kappa shape index (κ3) is 6.79. The summed E-state index contributed by atoms with van der Waals surface area (Å²) in [6.45, 7) is 4.97. The summed E-state index contributed by atoms with van der Waals surface area (Å²) in [5, 5.41) is 10.9. The van der Waals surface area contributed by atoms with Crippen molar-refractivity contribution < 1.29 is 14.3 Å². The highest BCUT2D eigenvalue weighted by Crippen LogP contribution is 2.33. The Balaban J connectivity index is 1.25. The number of nitrogens with zero attached hydrogens (tertiary/aromatic N) is 4. The zero-order valence-electron chi connectivity index (χ0n) is 23.6. The molecule has 0 saturated carbocycles. The molecule has 1 unspecified atom stereocenters. The third-order valence-electron chi connectivity index (χ3n) is 7.35. The van der Waals surface area contributed by atoms with Crippen molar-refractivity contribution in [2.24, 2.45) is 0 Å². The molecule has 4 aromatic rings. The van der Waals surface area contributed by atoms with Gasteiger partial charge in [0.15, 0.2) is 0 Å². The summed E-state index contributed by atoms with van der Waals surface area (Å²) in [6.07, 6.45) is 1.70. The second kappa shape index (κ2) is 12.8. The molecule has 3 aromatic carbocycles. The number of methoxy groups -OCH3 is 1. The molecular weight excluding hydrogens is 518 g/mol. The van der Waals surface area contributed by atoms with Crippen LogP contribution in [-0.2, 0) is 9.59 Å². The van der Waals surface area contributed by atoms with E-state index in [1.165, 1.54) is 0 Å². The zero-order chi connectivity index (χ0) is 28.8. The Morgan fingerprint density at radius 2 is 1.76 bits per heavy atom. The van der Waals surface area contributed by atoms with Gasteiger partial charge in [-0.3, -0.25) is 19.4 Å². The molecule has 5 rings (SSSR count). The summed E-state index contributed by atoms with van der Waals surface area (Å²) in [4.78, 5) is 39.0. The van der Waals surface area contributed by atoms with Gasteiger partial charge in [0, 0.05) is 61.7 Å². The number of benzene rings is 3. The van der Waals surface area contributed by atoms with E-state index < -0.39 is 0 Å². The Bertz CT molecular complexity index is 1520. The topological polar surface area (TPSA) is 112 Å². The van der Waals surface area contributed by atoms with Gasteiger partial charge < -0.3 is 20.7 Å². The second-order valence-electron chi connectivity index (χ2n) is 10.0. The fourth-order valence-electron chi connectivity index (χ4n) is 4.99. The monoisotopic (exact) mass is 553 g/mol. The lowest BCUT2D eigenvalue weighted by atomic mass is 10.0. The number of fused-ring (bicyclic) bond motifs is 1. The number of para-hydroxylation sites is 1. The smallest absolute Gasteiger partial charge is 0.241 e. The number of rotatable bonds is 9. The Morgan fingerprint density at radius 3 is 2.49 bits per heavy atom. The Hall–Kier alpha value is -4.54. The molecule has 0 aliphatic carbocycles. The molecule has 1 fully saturated rings. The van der Waals surface area contributed by atoms with Gasteiger partial charge in [-0.25, -0.2) is 9.97 Å². The first-order valence-corrected chi connectivity index (χ1v) is 13.7. The molecule has 1 aliphatic rings. The summed E-state index contributed by atoms with van der Waals surface area (Å²) >= 11 is 0. The first kappa shape index (κ1) is 28.0. The number of carbonyl (C=O) groups is 2. The van der Waals surface area contributed by atoms with Crippen molar-refractivity contribution >= 4 is 39.9 Å². The highest BCUT2D eigenvalue weighted by atomic mass is 16.5. The molecule has 10 nitrogen and oxygen atoms in total. The van der Waals surface area contributed by atoms with Gasteiger partial charge in [-0.05, 0) is 54.8 Å². The fraction of sp³-hybridized carbons (Fsp3) is 0.290. The van der Waals surface area contributed by atoms with E-state index >= 15 is 0 Å². The van der Waals surface area contributed by atoms with Crippen LogP contribution in [0.3, 0.4) is 0 Å². The van der Waals surface area contributed by atoms with E-state index in [2.05, 4.69) is 35.7 Å². The standard InChI is InChI=1S/C31H35N7O3/c1-21(30(40)34-24-7-5-4-6-8-24)38-15-13-37(14-16-38)20-29(39)35-28-18-23(27-11-12-33-31(32-2)36-27)17-22-9-10-25(41-3)19-26(22)28/h4-12,17-19,21H,13-16,20H2,1-3H3,(H,34,40)(H,35,39)(H,32,33,36). The molecule has 0 spiro atoms. The minimum atomic E-state index is -0.263. The molecule has 2 heterocycles. The van der Waals surface area contributed by atoms with Gasteiger partial charge in [-0.15, -0.1) is 0 Å². The molecule has 1 atom stereocenters. The highest BCUT2D eigenvalue weighted by Gasteiger charge is 2.26. The van der Waals surface area contributed by atoms with Crippen molar-refractivity contribution in [3.8, 4) is 17.0 Å². The number of piperazine rings is 1. The number of hydrogen-bond acceptors (Lipinski definition) is 8. The van der Waals surface area contributed by atoms with Crippen LogP contribution in [-0.4, -0.2) is 84.5 Å². The summed E-state index contributed by atoms with van der Waals surface area (Å²) < 4.78 is 5.45. The highest BCUT2D eigenvalue weighted by molar-refractivity contribution is 6.05. The zero-order valence-corrected chi connectivity index (χ0v) is 23.6. The summed E-state index contributed by atoms with van der Waals surface area (Å²) in [5.74, 6) is 1.10. The van der Waals surface area contributed by atoms with Crippen LogP contribution in [0.2, 0.25) is 0 Å². The van der Waals surface area contributed by atoms with Gasteiger partial charge in [0.05, 0.1) is 25.4 Å². The maximum absolute atomic E-state index is 13.3. The molecular formula is C31H35N7O3. The van der Waals surface area contributed by atoms with Gasteiger partial charge in [0.1, 0.15) is 5.75 Å². The molecule has 1 saturated heterocycles. The summed E-state index contributed by atoms with van der Waals surface area (Å²) in [7, 11) is 3.40. The van der Waals surface area contributed by atoms with E-state index in [0.717, 1.165) is 27.7 Å². The van der Waals surface area contributed by atoms with Gasteiger partial charge in [-0.2, -0.15) is 0 Å². The predicted molar refractivity (Wildman–Crippen MR) is 162 cm³/mol. The van der Waals surface area contributed by atoms with Crippen molar-refractivity contribution in [1.29, 1.82) is 0 Å². The molecule has 3 N–H and O–H groups in total. The second-order valence-corrected chi connectivity index (χ2v) is 10.0. The van der Waals surface area contributed by atoms with Gasteiger partial charge >= 0.3 is 0 Å². The number of hydrogen-bond donors (Lipinski definition) is 3. The largest absolute Gasteiger partial charge is 0.497 e. The van der Waals surface area contributed by atoms with E-state index in [9.17, 15) is 9.59 Å². The Labute approximate surface area is 239 Å². The predicted octanol–water partition coefficient (Wildman–Crippen LogP) is 3.93. The van der Waals surface area contributed by atoms with Crippen LogP contribution in [0.1, 0.15) is 6.92 Å². The quantitative estimate of drug-likeness (QED) is 0.286. The molecule has 212 valence electrons. The fourth-order valence-corrected chi connectivity index (χ4v) is 4.99. The van der Waals surface area contributed by atoms with E-state index in [0.29, 0.717) is 43.6 Å².